The van der Waals surface area contributed by atoms with E-state index in [1.165, 1.54) is 0 Å². The standard InChI is InChI=1S/C18H23N5O3/c1-3-5-6-16(24)22-18(26)23-17(25)14(11-19)15(4-2)21-13-9-7-12(20)8-10-13/h7-10,21H,3-6,20H2,1-2H3,(H2,22,23,24,25,26). The minimum absolute atomic E-state index is 0.192. The maximum absolute atomic E-state index is 12.2. The number of unbranched alkanes of at least 4 members (excludes halogenated alkanes) is 1. The van der Waals surface area contributed by atoms with Crippen molar-refractivity contribution in [2.45, 2.75) is 39.5 Å². The number of nitriles is 1. The summed E-state index contributed by atoms with van der Waals surface area (Å²) < 4.78 is 0. The third kappa shape index (κ3) is 6.65. The minimum Gasteiger partial charge on any atom is -0.399 e. The van der Waals surface area contributed by atoms with Gasteiger partial charge in [0, 0.05) is 23.5 Å². The van der Waals surface area contributed by atoms with E-state index in [-0.39, 0.29) is 12.0 Å². The third-order valence-electron chi connectivity index (χ3n) is 3.44. The number of hydrogen-bond acceptors (Lipinski definition) is 6. The van der Waals surface area contributed by atoms with E-state index in [0.717, 1.165) is 6.42 Å². The Morgan fingerprint density at radius 3 is 2.31 bits per heavy atom. The first-order valence-electron chi connectivity index (χ1n) is 8.32. The fourth-order valence-corrected chi connectivity index (χ4v) is 2.05. The minimum atomic E-state index is -0.952. The first kappa shape index (κ1) is 20.7. The van der Waals surface area contributed by atoms with E-state index in [2.05, 4.69) is 10.6 Å². The van der Waals surface area contributed by atoms with Gasteiger partial charge in [-0.25, -0.2) is 4.79 Å². The average Bonchev–Trinajstić information content (AvgIpc) is 2.61. The first-order valence-corrected chi connectivity index (χ1v) is 8.32. The number of rotatable bonds is 7. The van der Waals surface area contributed by atoms with Crippen LogP contribution in [0.1, 0.15) is 39.5 Å². The number of hydrogen-bond donors (Lipinski definition) is 4. The summed E-state index contributed by atoms with van der Waals surface area (Å²) in [6.45, 7) is 3.68. The molecule has 1 rings (SSSR count). The largest absolute Gasteiger partial charge is 0.399 e. The summed E-state index contributed by atoms with van der Waals surface area (Å²) in [6, 6.07) is 7.61. The number of nitrogens with one attached hydrogen (secondary N) is 3. The van der Waals surface area contributed by atoms with Gasteiger partial charge in [-0.15, -0.1) is 0 Å². The number of nitrogen functional groups attached to an aromatic ring is 1. The van der Waals surface area contributed by atoms with Gasteiger partial charge in [-0.1, -0.05) is 20.3 Å². The van der Waals surface area contributed by atoms with E-state index in [0.29, 0.717) is 29.9 Å². The van der Waals surface area contributed by atoms with Crippen molar-refractivity contribution in [3.63, 3.8) is 0 Å². The number of nitrogens with two attached hydrogens (primary N) is 1. The molecule has 0 aliphatic rings. The van der Waals surface area contributed by atoms with Crippen molar-refractivity contribution < 1.29 is 14.4 Å². The van der Waals surface area contributed by atoms with Gasteiger partial charge in [-0.2, -0.15) is 5.26 Å². The molecular weight excluding hydrogens is 334 g/mol. The number of carbonyl (C=O) groups is 3. The molecular formula is C18H23N5O3. The summed E-state index contributed by atoms with van der Waals surface area (Å²) in [7, 11) is 0. The number of benzene rings is 1. The monoisotopic (exact) mass is 357 g/mol. The summed E-state index contributed by atoms with van der Waals surface area (Å²) in [5, 5.41) is 16.3. The Morgan fingerprint density at radius 1 is 1.12 bits per heavy atom. The Hall–Kier alpha value is -3.34. The topological polar surface area (TPSA) is 137 Å². The third-order valence-corrected chi connectivity index (χ3v) is 3.44. The van der Waals surface area contributed by atoms with Crippen molar-refractivity contribution in [2.75, 3.05) is 11.1 Å². The van der Waals surface area contributed by atoms with Crippen molar-refractivity contribution in [1.82, 2.24) is 10.6 Å². The lowest BCUT2D eigenvalue weighted by molar-refractivity contribution is -0.120. The van der Waals surface area contributed by atoms with Gasteiger partial charge >= 0.3 is 6.03 Å². The van der Waals surface area contributed by atoms with E-state index in [4.69, 9.17) is 5.73 Å². The Kier molecular flexibility index (Phi) is 8.37. The smallest absolute Gasteiger partial charge is 0.328 e. The summed E-state index contributed by atoms with van der Waals surface area (Å²) >= 11 is 0. The molecule has 1 aromatic carbocycles. The fourth-order valence-electron chi connectivity index (χ4n) is 2.05. The van der Waals surface area contributed by atoms with Crippen molar-refractivity contribution in [1.29, 1.82) is 5.26 Å². The molecule has 4 amide bonds. The first-order chi connectivity index (χ1) is 12.4. The number of urea groups is 1. The van der Waals surface area contributed by atoms with Crippen LogP contribution in [0, 0.1) is 11.3 Å². The Morgan fingerprint density at radius 2 is 1.77 bits per heavy atom. The van der Waals surface area contributed by atoms with E-state index >= 15 is 0 Å². The molecule has 8 heteroatoms. The zero-order chi connectivity index (χ0) is 19.5. The van der Waals surface area contributed by atoms with Crippen LogP contribution in [0.3, 0.4) is 0 Å². The van der Waals surface area contributed by atoms with Gasteiger partial charge in [0.2, 0.25) is 5.91 Å². The molecule has 0 saturated carbocycles. The number of imide groups is 2. The summed E-state index contributed by atoms with van der Waals surface area (Å²) in [5.41, 5.74) is 6.96. The summed E-state index contributed by atoms with van der Waals surface area (Å²) in [4.78, 5) is 35.4. The molecule has 5 N–H and O–H groups in total. The van der Waals surface area contributed by atoms with Gasteiger partial charge in [0.05, 0.1) is 0 Å². The maximum Gasteiger partial charge on any atom is 0.328 e. The van der Waals surface area contributed by atoms with Crippen LogP contribution in [0.4, 0.5) is 16.2 Å². The van der Waals surface area contributed by atoms with Crippen molar-refractivity contribution >= 4 is 29.2 Å². The molecule has 0 bridgehead atoms. The van der Waals surface area contributed by atoms with Gasteiger partial charge in [0.1, 0.15) is 11.6 Å². The molecule has 0 unspecified atom stereocenters. The lowest BCUT2D eigenvalue weighted by Crippen LogP contribution is -2.43. The van der Waals surface area contributed by atoms with Crippen molar-refractivity contribution in [3.8, 4) is 6.07 Å². The Balaban J connectivity index is 2.82. The van der Waals surface area contributed by atoms with Crippen LogP contribution in [-0.2, 0) is 9.59 Å². The molecule has 0 aliphatic carbocycles. The highest BCUT2D eigenvalue weighted by Crippen LogP contribution is 2.16. The van der Waals surface area contributed by atoms with Crippen molar-refractivity contribution in [2.24, 2.45) is 0 Å². The highest BCUT2D eigenvalue weighted by molar-refractivity contribution is 6.09. The predicted molar refractivity (Wildman–Crippen MR) is 98.6 cm³/mol. The molecule has 26 heavy (non-hydrogen) atoms. The summed E-state index contributed by atoms with van der Waals surface area (Å²) in [5.74, 6) is -1.36. The van der Waals surface area contributed by atoms with Gasteiger partial charge in [0.15, 0.2) is 0 Å². The van der Waals surface area contributed by atoms with Crippen LogP contribution in [0.25, 0.3) is 0 Å². The predicted octanol–water partition coefficient (Wildman–Crippen LogP) is 2.41. The lowest BCUT2D eigenvalue weighted by Gasteiger charge is -2.12. The van der Waals surface area contributed by atoms with Gasteiger partial charge < -0.3 is 11.1 Å². The highest BCUT2D eigenvalue weighted by Gasteiger charge is 2.18. The van der Waals surface area contributed by atoms with Crippen molar-refractivity contribution in [3.05, 3.63) is 35.5 Å². The molecule has 0 fully saturated rings. The zero-order valence-corrected chi connectivity index (χ0v) is 14.9. The molecule has 0 radical (unpaired) electrons. The Labute approximate surface area is 152 Å². The molecule has 0 aromatic heterocycles. The van der Waals surface area contributed by atoms with E-state index in [9.17, 15) is 19.6 Å². The second-order valence-electron chi connectivity index (χ2n) is 5.50. The second kappa shape index (κ2) is 10.5. The van der Waals surface area contributed by atoms with Crippen LogP contribution in [0.2, 0.25) is 0 Å². The molecule has 0 heterocycles. The summed E-state index contributed by atoms with van der Waals surface area (Å²) in [6.07, 6.45) is 2.00. The molecule has 138 valence electrons. The van der Waals surface area contributed by atoms with Gasteiger partial charge in [0.25, 0.3) is 5.91 Å². The van der Waals surface area contributed by atoms with E-state index in [1.807, 2.05) is 12.2 Å². The average molecular weight is 357 g/mol. The lowest BCUT2D eigenvalue weighted by atomic mass is 10.1. The quantitative estimate of drug-likeness (QED) is 0.336. The molecule has 8 nitrogen and oxygen atoms in total. The molecule has 1 aromatic rings. The number of amides is 4. The van der Waals surface area contributed by atoms with Crippen LogP contribution in [0.15, 0.2) is 35.5 Å². The van der Waals surface area contributed by atoms with Gasteiger partial charge in [-0.3, -0.25) is 20.2 Å². The number of nitrogens with zero attached hydrogens (tertiary/aromatic N) is 1. The fraction of sp³-hybridized carbons (Fsp3) is 0.333. The number of carbonyl (C=O) groups excluding carboxylic acids is 3. The maximum atomic E-state index is 12.2. The van der Waals surface area contributed by atoms with Crippen LogP contribution in [-0.4, -0.2) is 17.8 Å². The normalized spacial score (nSPS) is 11.0. The number of allylic oxidation sites excluding steroid dienone is 1. The molecule has 0 saturated heterocycles. The second-order valence-corrected chi connectivity index (χ2v) is 5.50. The van der Waals surface area contributed by atoms with Crippen LogP contribution >= 0.6 is 0 Å². The SMILES string of the molecule is CCCCC(=O)NC(=O)NC(=O)C(C#N)=C(CC)Nc1ccc(N)cc1. The highest BCUT2D eigenvalue weighted by atomic mass is 16.2. The van der Waals surface area contributed by atoms with E-state index < -0.39 is 17.8 Å². The Bertz CT molecular complexity index is 732. The molecule has 0 spiro atoms. The zero-order valence-electron chi connectivity index (χ0n) is 14.9. The molecule has 0 aliphatic heterocycles. The molecule has 0 atom stereocenters. The van der Waals surface area contributed by atoms with E-state index in [1.54, 1.807) is 37.3 Å². The van der Waals surface area contributed by atoms with Crippen LogP contribution in [0.5, 0.6) is 0 Å². The van der Waals surface area contributed by atoms with Gasteiger partial charge in [-0.05, 0) is 37.1 Å². The van der Waals surface area contributed by atoms with Crippen LogP contribution < -0.4 is 21.7 Å². The number of anilines is 2.